The summed E-state index contributed by atoms with van der Waals surface area (Å²) in [5, 5.41) is 0.0794. The summed E-state index contributed by atoms with van der Waals surface area (Å²) in [6.45, 7) is 15.2. The van der Waals surface area contributed by atoms with Crippen LogP contribution in [0.15, 0.2) is 18.1 Å². The van der Waals surface area contributed by atoms with Crippen LogP contribution in [0, 0.1) is 5.41 Å². The Morgan fingerprint density at radius 3 is 2.37 bits per heavy atom. The van der Waals surface area contributed by atoms with E-state index in [9.17, 15) is 4.79 Å². The Bertz CT molecular complexity index is 439. The van der Waals surface area contributed by atoms with E-state index in [0.717, 1.165) is 6.42 Å². The third kappa shape index (κ3) is 6.75. The van der Waals surface area contributed by atoms with Crippen molar-refractivity contribution in [2.24, 2.45) is 5.41 Å². The number of rotatable bonds is 4. The third-order valence-electron chi connectivity index (χ3n) is 2.95. The van der Waals surface area contributed by atoms with E-state index in [1.165, 1.54) is 11.0 Å². The number of hydrogen-bond acceptors (Lipinski definition) is 1. The van der Waals surface area contributed by atoms with Crippen LogP contribution in [0.5, 0.6) is 0 Å². The predicted molar refractivity (Wildman–Crippen MR) is 86.5 cm³/mol. The van der Waals surface area contributed by atoms with Crippen LogP contribution < -0.4 is 0 Å². The minimum atomic E-state index is 0.0794. The van der Waals surface area contributed by atoms with Gasteiger partial charge in [-0.15, -0.1) is 0 Å². The van der Waals surface area contributed by atoms with Crippen molar-refractivity contribution in [3.8, 4) is 0 Å². The first kappa shape index (κ1) is 16.2. The molecule has 0 N–H and O–H groups in total. The molecule has 0 bridgehead atoms. The van der Waals surface area contributed by atoms with Gasteiger partial charge in [0.05, 0.1) is 0 Å². The molecule has 0 saturated carbocycles. The molecule has 0 aromatic carbocycles. The third-order valence-corrected chi connectivity index (χ3v) is 2.95. The monoisotopic (exact) mass is 256 g/mol. The van der Waals surface area contributed by atoms with Gasteiger partial charge in [-0.1, -0.05) is 0 Å². The van der Waals surface area contributed by atoms with Crippen LogP contribution in [-0.4, -0.2) is 19.9 Å². The van der Waals surface area contributed by atoms with E-state index >= 15 is 0 Å². The molecule has 0 fully saturated rings. The van der Waals surface area contributed by atoms with Gasteiger partial charge >= 0.3 is 119 Å². The molecular weight excluding hydrogens is 230 g/mol. The molecule has 3 heteroatoms. The Hall–Kier alpha value is -0.850. The van der Waals surface area contributed by atoms with Gasteiger partial charge in [0.15, 0.2) is 0 Å². The molecule has 0 unspecified atom stereocenters. The Morgan fingerprint density at radius 1 is 1.21 bits per heavy atom. The fraction of sp³-hybridized carbons (Fsp3) is 0.625. The second kappa shape index (κ2) is 6.07. The second-order valence-corrected chi connectivity index (χ2v) is 7.96. The molecule has 0 aliphatic carbocycles. The first-order chi connectivity index (χ1) is 8.57. The SMILES string of the molecule is CC(C)(C)BC(=O)Cc1cccbc1CC(C)(C)C. The van der Waals surface area contributed by atoms with Crippen molar-refractivity contribution in [2.45, 2.75) is 59.7 Å². The normalized spacial score (nSPS) is 12.1. The average Bonchev–Trinajstić information content (AvgIpc) is 2.15. The Labute approximate surface area is 119 Å². The van der Waals surface area contributed by atoms with Crippen LogP contribution in [0.4, 0.5) is 0 Å². The average molecular weight is 256 g/mol. The molecule has 0 aliphatic heterocycles. The summed E-state index contributed by atoms with van der Waals surface area (Å²) in [4.78, 5) is 12.1. The quantitative estimate of drug-likeness (QED) is 0.755. The van der Waals surface area contributed by atoms with Gasteiger partial charge in [-0.2, -0.15) is 0 Å². The fourth-order valence-corrected chi connectivity index (χ4v) is 2.34. The van der Waals surface area contributed by atoms with Gasteiger partial charge in [-0.05, 0) is 0 Å². The van der Waals surface area contributed by atoms with Crippen molar-refractivity contribution in [3.63, 3.8) is 0 Å². The van der Waals surface area contributed by atoms with Gasteiger partial charge in [-0.3, -0.25) is 0 Å². The first-order valence-electron chi connectivity index (χ1n) is 7.15. The zero-order valence-electron chi connectivity index (χ0n) is 13.3. The minimum absolute atomic E-state index is 0.0794. The van der Waals surface area contributed by atoms with Crippen molar-refractivity contribution < 1.29 is 4.79 Å². The van der Waals surface area contributed by atoms with Crippen LogP contribution in [0.25, 0.3) is 0 Å². The van der Waals surface area contributed by atoms with E-state index in [0.29, 0.717) is 19.4 Å². The first-order valence-corrected chi connectivity index (χ1v) is 7.15. The summed E-state index contributed by atoms with van der Waals surface area (Å²) >= 11 is 0. The van der Waals surface area contributed by atoms with Gasteiger partial charge in [-0.25, -0.2) is 0 Å². The molecule has 19 heavy (non-hydrogen) atoms. The molecule has 0 amide bonds. The summed E-state index contributed by atoms with van der Waals surface area (Å²) in [5.74, 6) is 2.07. The fourth-order valence-electron chi connectivity index (χ4n) is 2.34. The van der Waals surface area contributed by atoms with Gasteiger partial charge in [0, 0.05) is 0 Å². The molecule has 1 aromatic rings. The molecule has 0 spiro atoms. The van der Waals surface area contributed by atoms with E-state index in [4.69, 9.17) is 0 Å². The molecule has 0 aliphatic rings. The van der Waals surface area contributed by atoms with Crippen LogP contribution in [0.3, 0.4) is 0 Å². The number of hydrogen-bond donors (Lipinski definition) is 0. The van der Waals surface area contributed by atoms with Crippen molar-refractivity contribution >= 4 is 19.9 Å². The second-order valence-electron chi connectivity index (χ2n) is 7.96. The Kier molecular flexibility index (Phi) is 5.18. The van der Waals surface area contributed by atoms with Gasteiger partial charge in [0.2, 0.25) is 0 Å². The van der Waals surface area contributed by atoms with Crippen molar-refractivity contribution in [2.75, 3.05) is 0 Å². The van der Waals surface area contributed by atoms with Crippen LogP contribution >= 0.6 is 0 Å². The van der Waals surface area contributed by atoms with E-state index in [2.05, 4.69) is 60.5 Å². The molecule has 0 radical (unpaired) electrons. The molecular formula is C16H26B2O. The number of carbonyl (C=O) groups is 1. The van der Waals surface area contributed by atoms with Crippen LogP contribution in [0.1, 0.15) is 52.6 Å². The van der Waals surface area contributed by atoms with Crippen LogP contribution in [0.2, 0.25) is 5.31 Å². The molecule has 1 heterocycles. The molecule has 0 saturated heterocycles. The summed E-state index contributed by atoms with van der Waals surface area (Å²) < 4.78 is 0. The maximum atomic E-state index is 12.1. The zero-order valence-corrected chi connectivity index (χ0v) is 13.3. The number of carbonyl (C=O) groups excluding carboxylic acids is 1. The Balaban J connectivity index is 2.81. The van der Waals surface area contributed by atoms with E-state index in [1.807, 2.05) is 6.07 Å². The summed E-state index contributed by atoms with van der Waals surface area (Å²) in [7, 11) is 0.650. The molecule has 0 atom stereocenters. The molecule has 1 rings (SSSR count). The zero-order chi connectivity index (χ0) is 14.7. The summed E-state index contributed by atoms with van der Waals surface area (Å²) in [6, 6.07) is 4.13. The topological polar surface area (TPSA) is 17.1 Å². The Morgan fingerprint density at radius 2 is 1.84 bits per heavy atom. The van der Waals surface area contributed by atoms with Gasteiger partial charge in [0.25, 0.3) is 0 Å². The van der Waals surface area contributed by atoms with Crippen molar-refractivity contribution in [1.29, 1.82) is 0 Å². The maximum absolute atomic E-state index is 12.1. The van der Waals surface area contributed by atoms with Crippen molar-refractivity contribution in [3.05, 3.63) is 29.1 Å². The van der Waals surface area contributed by atoms with E-state index in [1.54, 1.807) is 0 Å². The standard InChI is InChI=1S/C16H26B2O/c1-15(2,3)11-13-12(8-7-9-17-13)10-14(19)18-16(4,5)6/h7-9,18H,10-11H2,1-6H3. The molecule has 1 nitrogen and oxygen atoms in total. The molecule has 1 aromatic heterocycles. The van der Waals surface area contributed by atoms with Crippen molar-refractivity contribution in [1.82, 2.24) is 0 Å². The van der Waals surface area contributed by atoms with E-state index in [-0.39, 0.29) is 10.7 Å². The van der Waals surface area contributed by atoms with Crippen LogP contribution in [-0.2, 0) is 17.6 Å². The molecule has 102 valence electrons. The van der Waals surface area contributed by atoms with E-state index < -0.39 is 0 Å². The summed E-state index contributed by atoms with van der Waals surface area (Å²) in [5.41, 5.74) is 3.11. The summed E-state index contributed by atoms with van der Waals surface area (Å²) in [6.07, 6.45) is 1.59. The van der Waals surface area contributed by atoms with Gasteiger partial charge < -0.3 is 0 Å². The predicted octanol–water partition coefficient (Wildman–Crippen LogP) is 3.34. The van der Waals surface area contributed by atoms with Gasteiger partial charge in [0.1, 0.15) is 0 Å².